The van der Waals surface area contributed by atoms with Gasteiger partial charge in [0.05, 0.1) is 5.02 Å². The fourth-order valence-corrected chi connectivity index (χ4v) is 3.47. The number of halogens is 1. The second-order valence-electron chi connectivity index (χ2n) is 4.92. The van der Waals surface area contributed by atoms with Gasteiger partial charge < -0.3 is 5.11 Å². The number of aryl methyl sites for hydroxylation is 1. The third-order valence-corrected chi connectivity index (χ3v) is 5.19. The van der Waals surface area contributed by atoms with Crippen LogP contribution in [0, 0.1) is 12.3 Å². The van der Waals surface area contributed by atoms with E-state index in [-0.39, 0.29) is 28.5 Å². The maximum Gasteiger partial charge on any atom is 0.242 e. The second kappa shape index (κ2) is 4.81. The van der Waals surface area contributed by atoms with E-state index in [1.54, 1.807) is 12.1 Å². The Kier molecular flexibility index (Phi) is 3.69. The van der Waals surface area contributed by atoms with Crippen molar-refractivity contribution in [3.63, 3.8) is 0 Å². The lowest BCUT2D eigenvalue weighted by molar-refractivity contribution is 0.213. The number of rotatable bonds is 5. The van der Waals surface area contributed by atoms with Crippen molar-refractivity contribution in [1.82, 2.24) is 4.72 Å². The Labute approximate surface area is 112 Å². The Morgan fingerprint density at radius 1 is 1.44 bits per heavy atom. The molecule has 0 bridgehead atoms. The Balaban J connectivity index is 2.15. The Hall–Kier alpha value is -0.620. The molecule has 1 fully saturated rings. The van der Waals surface area contributed by atoms with Crippen LogP contribution in [0.2, 0.25) is 5.02 Å². The van der Waals surface area contributed by atoms with Gasteiger partial charge in [-0.25, -0.2) is 13.1 Å². The average Bonchev–Trinajstić information content (AvgIpc) is 3.07. The molecule has 1 aliphatic carbocycles. The molecule has 1 aromatic carbocycles. The fraction of sp³-hybridized carbons (Fsp3) is 0.500. The summed E-state index contributed by atoms with van der Waals surface area (Å²) in [5, 5.41) is 9.37. The first-order valence-electron chi connectivity index (χ1n) is 5.75. The number of nitrogens with one attached hydrogen (secondary N) is 1. The van der Waals surface area contributed by atoms with Crippen molar-refractivity contribution in [3.8, 4) is 0 Å². The lowest BCUT2D eigenvalue weighted by Gasteiger charge is -2.14. The molecule has 6 heteroatoms. The molecule has 0 aromatic heterocycles. The van der Waals surface area contributed by atoms with Crippen LogP contribution in [0.1, 0.15) is 18.4 Å². The largest absolute Gasteiger partial charge is 0.396 e. The standard InChI is InChI=1S/C12H16ClNO3S/c1-9-2-3-11(10(13)6-9)18(16,17)14-7-12(8-15)4-5-12/h2-3,6,14-15H,4-5,7-8H2,1H3. The monoisotopic (exact) mass is 289 g/mol. The number of aliphatic hydroxyl groups excluding tert-OH is 1. The van der Waals surface area contributed by atoms with E-state index < -0.39 is 10.0 Å². The highest BCUT2D eigenvalue weighted by atomic mass is 35.5. The molecule has 4 nitrogen and oxygen atoms in total. The molecule has 0 amide bonds. The van der Waals surface area contributed by atoms with E-state index in [0.29, 0.717) is 0 Å². The Bertz CT molecular complexity index is 552. The van der Waals surface area contributed by atoms with Crippen molar-refractivity contribution in [3.05, 3.63) is 28.8 Å². The smallest absolute Gasteiger partial charge is 0.242 e. The molecule has 2 N–H and O–H groups in total. The van der Waals surface area contributed by atoms with Crippen molar-refractivity contribution in [2.45, 2.75) is 24.7 Å². The van der Waals surface area contributed by atoms with Gasteiger partial charge in [-0.3, -0.25) is 0 Å². The molecule has 100 valence electrons. The van der Waals surface area contributed by atoms with Crippen molar-refractivity contribution in [1.29, 1.82) is 0 Å². The van der Waals surface area contributed by atoms with Gasteiger partial charge >= 0.3 is 0 Å². The minimum atomic E-state index is -3.60. The topological polar surface area (TPSA) is 66.4 Å². The minimum absolute atomic E-state index is 0.0111. The Morgan fingerprint density at radius 2 is 2.11 bits per heavy atom. The van der Waals surface area contributed by atoms with Crippen LogP contribution in [0.5, 0.6) is 0 Å². The summed E-state index contributed by atoms with van der Waals surface area (Å²) < 4.78 is 26.7. The number of sulfonamides is 1. The van der Waals surface area contributed by atoms with Gasteiger partial charge in [0.15, 0.2) is 0 Å². The third-order valence-electron chi connectivity index (χ3n) is 3.31. The SMILES string of the molecule is Cc1ccc(S(=O)(=O)NCC2(CO)CC2)c(Cl)c1. The molecule has 18 heavy (non-hydrogen) atoms. The van der Waals surface area contributed by atoms with E-state index in [0.717, 1.165) is 18.4 Å². The van der Waals surface area contributed by atoms with Crippen LogP contribution in [0.4, 0.5) is 0 Å². The van der Waals surface area contributed by atoms with E-state index in [2.05, 4.69) is 4.72 Å². The van der Waals surface area contributed by atoms with Gasteiger partial charge in [-0.2, -0.15) is 0 Å². The second-order valence-corrected chi connectivity index (χ2v) is 7.06. The third kappa shape index (κ3) is 2.85. The Morgan fingerprint density at radius 3 is 2.61 bits per heavy atom. The minimum Gasteiger partial charge on any atom is -0.396 e. The average molecular weight is 290 g/mol. The van der Waals surface area contributed by atoms with Crippen LogP contribution in [0.3, 0.4) is 0 Å². The van der Waals surface area contributed by atoms with E-state index in [1.165, 1.54) is 6.07 Å². The first kappa shape index (κ1) is 13.8. The summed E-state index contributed by atoms with van der Waals surface area (Å²) in [6.07, 6.45) is 1.71. The van der Waals surface area contributed by atoms with E-state index in [1.807, 2.05) is 6.92 Å². The van der Waals surface area contributed by atoms with Crippen molar-refractivity contribution in [2.24, 2.45) is 5.41 Å². The highest BCUT2D eigenvalue weighted by Gasteiger charge is 2.42. The lowest BCUT2D eigenvalue weighted by Crippen LogP contribution is -2.32. The van der Waals surface area contributed by atoms with Gasteiger partial charge in [0.2, 0.25) is 10.0 Å². The van der Waals surface area contributed by atoms with Gasteiger partial charge in [-0.05, 0) is 37.5 Å². The zero-order valence-corrected chi connectivity index (χ0v) is 11.7. The molecule has 0 heterocycles. The van der Waals surface area contributed by atoms with Crippen LogP contribution >= 0.6 is 11.6 Å². The highest BCUT2D eigenvalue weighted by Crippen LogP contribution is 2.44. The van der Waals surface area contributed by atoms with Gasteiger partial charge in [-0.15, -0.1) is 0 Å². The lowest BCUT2D eigenvalue weighted by atomic mass is 10.1. The molecule has 0 spiro atoms. The number of hydrogen-bond donors (Lipinski definition) is 2. The van der Waals surface area contributed by atoms with Crippen molar-refractivity contribution >= 4 is 21.6 Å². The van der Waals surface area contributed by atoms with Crippen LogP contribution < -0.4 is 4.72 Å². The summed E-state index contributed by atoms with van der Waals surface area (Å²) in [7, 11) is -3.60. The predicted octanol–water partition coefficient (Wildman–Crippen LogP) is 1.70. The zero-order chi connectivity index (χ0) is 13.4. The molecular formula is C12H16ClNO3S. The van der Waals surface area contributed by atoms with E-state index >= 15 is 0 Å². The van der Waals surface area contributed by atoms with Crippen molar-refractivity contribution in [2.75, 3.05) is 13.2 Å². The van der Waals surface area contributed by atoms with Crippen molar-refractivity contribution < 1.29 is 13.5 Å². The molecule has 1 aliphatic rings. The maximum absolute atomic E-state index is 12.1. The van der Waals surface area contributed by atoms with Gasteiger partial charge in [-0.1, -0.05) is 17.7 Å². The maximum atomic E-state index is 12.1. The molecule has 0 radical (unpaired) electrons. The normalized spacial score (nSPS) is 17.7. The number of aliphatic hydroxyl groups is 1. The highest BCUT2D eigenvalue weighted by molar-refractivity contribution is 7.89. The molecule has 1 aromatic rings. The quantitative estimate of drug-likeness (QED) is 0.867. The molecule has 1 saturated carbocycles. The first-order valence-corrected chi connectivity index (χ1v) is 7.61. The summed E-state index contributed by atoms with van der Waals surface area (Å²) in [6.45, 7) is 2.12. The fourth-order valence-electron chi connectivity index (χ4n) is 1.72. The van der Waals surface area contributed by atoms with Crippen LogP contribution in [0.15, 0.2) is 23.1 Å². The number of hydrogen-bond acceptors (Lipinski definition) is 3. The summed E-state index contributed by atoms with van der Waals surface area (Å²) >= 11 is 5.94. The summed E-state index contributed by atoms with van der Waals surface area (Å²) in [4.78, 5) is 0.0866. The summed E-state index contributed by atoms with van der Waals surface area (Å²) in [5.74, 6) is 0. The zero-order valence-electron chi connectivity index (χ0n) is 10.1. The van der Waals surface area contributed by atoms with Gasteiger partial charge in [0, 0.05) is 18.6 Å². The summed E-state index contributed by atoms with van der Waals surface area (Å²) in [6, 6.07) is 4.83. The van der Waals surface area contributed by atoms with Gasteiger partial charge in [0.25, 0.3) is 0 Å². The van der Waals surface area contributed by atoms with Crippen LogP contribution in [-0.4, -0.2) is 26.7 Å². The van der Waals surface area contributed by atoms with E-state index in [9.17, 15) is 8.42 Å². The molecule has 0 atom stereocenters. The molecule has 0 aliphatic heterocycles. The summed E-state index contributed by atoms with van der Waals surface area (Å²) in [5.41, 5.74) is 0.650. The molecular weight excluding hydrogens is 274 g/mol. The van der Waals surface area contributed by atoms with Crippen LogP contribution in [0.25, 0.3) is 0 Å². The van der Waals surface area contributed by atoms with Crippen LogP contribution in [-0.2, 0) is 10.0 Å². The van der Waals surface area contributed by atoms with Gasteiger partial charge in [0.1, 0.15) is 4.90 Å². The predicted molar refractivity (Wildman–Crippen MR) is 70.1 cm³/mol. The molecule has 0 saturated heterocycles. The number of benzene rings is 1. The van der Waals surface area contributed by atoms with E-state index in [4.69, 9.17) is 16.7 Å². The molecule has 0 unspecified atom stereocenters. The molecule has 2 rings (SSSR count). The first-order chi connectivity index (χ1) is 8.38.